The van der Waals surface area contributed by atoms with Gasteiger partial charge in [0.1, 0.15) is 11.4 Å². The van der Waals surface area contributed by atoms with Crippen molar-refractivity contribution in [2.45, 2.75) is 13.8 Å². The molecule has 2 amide bonds. The Morgan fingerprint density at radius 2 is 1.75 bits per heavy atom. The highest BCUT2D eigenvalue weighted by Gasteiger charge is 2.21. The van der Waals surface area contributed by atoms with Crippen molar-refractivity contribution >= 4 is 23.9 Å². The van der Waals surface area contributed by atoms with E-state index < -0.39 is 5.97 Å². The van der Waals surface area contributed by atoms with Crippen LogP contribution < -0.4 is 10.1 Å². The molecular weight excluding hydrogens is 312 g/mol. The third-order valence-electron chi connectivity index (χ3n) is 3.29. The van der Waals surface area contributed by atoms with Crippen molar-refractivity contribution in [1.82, 2.24) is 10.2 Å². The lowest BCUT2D eigenvalue weighted by Gasteiger charge is -2.27. The van der Waals surface area contributed by atoms with Gasteiger partial charge < -0.3 is 19.7 Å². The van der Waals surface area contributed by atoms with Crippen molar-refractivity contribution < 1.29 is 23.9 Å². The maximum atomic E-state index is 12.6. The number of nitrogens with one attached hydrogen (secondary N) is 1. The molecule has 0 aromatic heterocycles. The first-order valence-electron chi connectivity index (χ1n) is 7.60. The predicted octanol–water partition coefficient (Wildman–Crippen LogP) is 0.948. The third-order valence-corrected chi connectivity index (χ3v) is 3.29. The van der Waals surface area contributed by atoms with Gasteiger partial charge in [-0.3, -0.25) is 14.4 Å². The van der Waals surface area contributed by atoms with Crippen LogP contribution in [0.4, 0.5) is 0 Å². The van der Waals surface area contributed by atoms with E-state index in [0.717, 1.165) is 0 Å². The van der Waals surface area contributed by atoms with Gasteiger partial charge in [-0.2, -0.15) is 0 Å². The normalized spacial score (nSPS) is 14.9. The molecule has 2 rings (SSSR count). The minimum atomic E-state index is -0.403. The van der Waals surface area contributed by atoms with Gasteiger partial charge in [-0.05, 0) is 23.8 Å². The molecule has 0 saturated carbocycles. The molecule has 1 saturated heterocycles. The molecule has 0 atom stereocenters. The second kappa shape index (κ2) is 8.26. The molecule has 0 unspecified atom stereocenters. The predicted molar refractivity (Wildman–Crippen MR) is 86.9 cm³/mol. The van der Waals surface area contributed by atoms with Gasteiger partial charge >= 0.3 is 5.97 Å². The van der Waals surface area contributed by atoms with E-state index in [0.29, 0.717) is 37.6 Å². The molecule has 7 nitrogen and oxygen atoms in total. The minimum absolute atomic E-state index is 0.199. The zero-order chi connectivity index (χ0) is 17.5. The number of amides is 2. The summed E-state index contributed by atoms with van der Waals surface area (Å²) in [6.07, 6.45) is 1.59. The van der Waals surface area contributed by atoms with E-state index in [4.69, 9.17) is 9.47 Å². The molecule has 0 bridgehead atoms. The summed E-state index contributed by atoms with van der Waals surface area (Å²) in [6.45, 7) is 4.61. The molecule has 0 radical (unpaired) electrons. The van der Waals surface area contributed by atoms with Crippen LogP contribution in [0.2, 0.25) is 0 Å². The average Bonchev–Trinajstić information content (AvgIpc) is 2.55. The van der Waals surface area contributed by atoms with Crippen molar-refractivity contribution in [1.29, 1.82) is 0 Å². The number of esters is 1. The van der Waals surface area contributed by atoms with Crippen LogP contribution >= 0.6 is 0 Å². The van der Waals surface area contributed by atoms with E-state index in [1.165, 1.54) is 13.8 Å². The molecule has 1 aliphatic heterocycles. The van der Waals surface area contributed by atoms with Crippen LogP contribution in [0, 0.1) is 0 Å². The summed E-state index contributed by atoms with van der Waals surface area (Å²) < 4.78 is 10.2. The summed E-state index contributed by atoms with van der Waals surface area (Å²) in [5.74, 6) is -0.558. The van der Waals surface area contributed by atoms with Crippen LogP contribution in [0.1, 0.15) is 19.4 Å². The topological polar surface area (TPSA) is 84.9 Å². The number of morpholine rings is 1. The molecule has 24 heavy (non-hydrogen) atoms. The molecule has 1 aliphatic rings. The minimum Gasteiger partial charge on any atom is -0.427 e. The SMILES string of the molecule is CC(=O)NC(=Cc1ccc(OC(C)=O)cc1)C(=O)N1CCOCC1. The van der Waals surface area contributed by atoms with Crippen molar-refractivity contribution in [3.8, 4) is 5.75 Å². The molecule has 1 aromatic carbocycles. The molecule has 1 fully saturated rings. The number of benzene rings is 1. The van der Waals surface area contributed by atoms with Crippen LogP contribution in [0.3, 0.4) is 0 Å². The Labute approximate surface area is 140 Å². The van der Waals surface area contributed by atoms with Gasteiger partial charge in [0.15, 0.2) is 0 Å². The fourth-order valence-corrected chi connectivity index (χ4v) is 2.24. The van der Waals surface area contributed by atoms with Crippen LogP contribution in [0.5, 0.6) is 5.75 Å². The molecular formula is C17H20N2O5. The lowest BCUT2D eigenvalue weighted by atomic mass is 10.1. The first-order valence-corrected chi connectivity index (χ1v) is 7.60. The van der Waals surface area contributed by atoms with E-state index in [-0.39, 0.29) is 17.5 Å². The Morgan fingerprint density at radius 3 is 2.29 bits per heavy atom. The van der Waals surface area contributed by atoms with Crippen LogP contribution in [-0.4, -0.2) is 49.0 Å². The van der Waals surface area contributed by atoms with Crippen LogP contribution in [-0.2, 0) is 19.1 Å². The second-order valence-corrected chi connectivity index (χ2v) is 5.31. The van der Waals surface area contributed by atoms with Crippen molar-refractivity contribution in [3.05, 3.63) is 35.5 Å². The molecule has 7 heteroatoms. The van der Waals surface area contributed by atoms with Gasteiger partial charge in [-0.25, -0.2) is 0 Å². The largest absolute Gasteiger partial charge is 0.427 e. The second-order valence-electron chi connectivity index (χ2n) is 5.31. The van der Waals surface area contributed by atoms with Crippen molar-refractivity contribution in [2.75, 3.05) is 26.3 Å². The van der Waals surface area contributed by atoms with Crippen LogP contribution in [0.15, 0.2) is 30.0 Å². The van der Waals surface area contributed by atoms with Crippen molar-refractivity contribution in [2.24, 2.45) is 0 Å². The quantitative estimate of drug-likeness (QED) is 0.504. The molecule has 1 aromatic rings. The first-order chi connectivity index (χ1) is 11.5. The summed E-state index contributed by atoms with van der Waals surface area (Å²) in [5.41, 5.74) is 0.904. The highest BCUT2D eigenvalue weighted by molar-refractivity contribution is 6.01. The van der Waals surface area contributed by atoms with Gasteiger partial charge in [0.2, 0.25) is 5.91 Å². The Balaban J connectivity index is 2.19. The summed E-state index contributed by atoms with van der Waals surface area (Å²) in [5, 5.41) is 2.58. The molecule has 1 heterocycles. The van der Waals surface area contributed by atoms with E-state index in [1.807, 2.05) is 0 Å². The number of carbonyl (C=O) groups is 3. The van der Waals surface area contributed by atoms with E-state index >= 15 is 0 Å². The number of ether oxygens (including phenoxy) is 2. The maximum Gasteiger partial charge on any atom is 0.308 e. The lowest BCUT2D eigenvalue weighted by molar-refractivity contribution is -0.133. The lowest BCUT2D eigenvalue weighted by Crippen LogP contribution is -2.44. The summed E-state index contributed by atoms with van der Waals surface area (Å²) in [6, 6.07) is 6.65. The third kappa shape index (κ3) is 5.20. The van der Waals surface area contributed by atoms with E-state index in [2.05, 4.69) is 5.32 Å². The van der Waals surface area contributed by atoms with Gasteiger partial charge in [0.05, 0.1) is 13.2 Å². The van der Waals surface area contributed by atoms with Gasteiger partial charge in [0, 0.05) is 26.9 Å². The Bertz CT molecular complexity index is 645. The van der Waals surface area contributed by atoms with E-state index in [9.17, 15) is 14.4 Å². The molecule has 0 aliphatic carbocycles. The number of hydrogen-bond donors (Lipinski definition) is 1. The fourth-order valence-electron chi connectivity index (χ4n) is 2.24. The number of rotatable bonds is 4. The van der Waals surface area contributed by atoms with Gasteiger partial charge in [-0.15, -0.1) is 0 Å². The first kappa shape index (κ1) is 17.7. The zero-order valence-electron chi connectivity index (χ0n) is 13.7. The van der Waals surface area contributed by atoms with E-state index in [1.54, 1.807) is 35.2 Å². The summed E-state index contributed by atoms with van der Waals surface area (Å²) in [4.78, 5) is 36.5. The van der Waals surface area contributed by atoms with Crippen molar-refractivity contribution in [3.63, 3.8) is 0 Å². The Morgan fingerprint density at radius 1 is 1.12 bits per heavy atom. The summed E-state index contributed by atoms with van der Waals surface area (Å²) in [7, 11) is 0. The fraction of sp³-hybridized carbons (Fsp3) is 0.353. The Hall–Kier alpha value is -2.67. The zero-order valence-corrected chi connectivity index (χ0v) is 13.7. The van der Waals surface area contributed by atoms with Gasteiger partial charge in [0.25, 0.3) is 5.91 Å². The van der Waals surface area contributed by atoms with Gasteiger partial charge in [-0.1, -0.05) is 12.1 Å². The molecule has 1 N–H and O–H groups in total. The Kier molecular flexibility index (Phi) is 6.08. The number of nitrogens with zero attached hydrogens (tertiary/aromatic N) is 1. The number of hydrogen-bond acceptors (Lipinski definition) is 5. The highest BCUT2D eigenvalue weighted by Crippen LogP contribution is 2.15. The molecule has 128 valence electrons. The smallest absolute Gasteiger partial charge is 0.308 e. The van der Waals surface area contributed by atoms with Crippen LogP contribution in [0.25, 0.3) is 6.08 Å². The standard InChI is InChI=1S/C17H20N2O5/c1-12(20)18-16(17(22)19-7-9-23-10-8-19)11-14-3-5-15(6-4-14)24-13(2)21/h3-6,11H,7-10H2,1-2H3,(H,18,20). The highest BCUT2D eigenvalue weighted by atomic mass is 16.5. The molecule has 0 spiro atoms. The monoisotopic (exact) mass is 332 g/mol. The number of carbonyl (C=O) groups excluding carboxylic acids is 3. The maximum absolute atomic E-state index is 12.6. The average molecular weight is 332 g/mol. The summed E-state index contributed by atoms with van der Waals surface area (Å²) >= 11 is 0.